The van der Waals surface area contributed by atoms with Crippen LogP contribution >= 0.6 is 0 Å². The van der Waals surface area contributed by atoms with Gasteiger partial charge < -0.3 is 10.2 Å². The van der Waals surface area contributed by atoms with Gasteiger partial charge >= 0.3 is 0 Å². The predicted molar refractivity (Wildman–Crippen MR) is 39.4 cm³/mol. The number of amides is 1. The van der Waals surface area contributed by atoms with Crippen LogP contribution in [0, 0.1) is 0 Å². The number of nitrogens with zero attached hydrogens (tertiary/aromatic N) is 1. The van der Waals surface area contributed by atoms with Gasteiger partial charge in [0.25, 0.3) is 0 Å². The van der Waals surface area contributed by atoms with E-state index in [0.29, 0.717) is 0 Å². The number of carbonyl (C=O) groups is 1. The van der Waals surface area contributed by atoms with E-state index >= 15 is 0 Å². The molecule has 0 fully saturated rings. The summed E-state index contributed by atoms with van der Waals surface area (Å²) in [6, 6.07) is 0. The lowest BCUT2D eigenvalue weighted by Crippen LogP contribution is -2.17. The predicted octanol–water partition coefficient (Wildman–Crippen LogP) is -0.0699. The summed E-state index contributed by atoms with van der Waals surface area (Å²) < 4.78 is 0. The molecule has 0 aliphatic rings. The highest BCUT2D eigenvalue weighted by Crippen LogP contribution is 1.69. The molecule has 0 aromatic heterocycles. The van der Waals surface area contributed by atoms with Crippen molar-refractivity contribution in [3.63, 3.8) is 0 Å². The van der Waals surface area contributed by atoms with Gasteiger partial charge in [-0.25, -0.2) is 0 Å². The van der Waals surface area contributed by atoms with Crippen LogP contribution < -0.4 is 5.32 Å². The topological polar surface area (TPSA) is 32.3 Å². The Morgan fingerprint density at radius 3 is 1.44 bits per heavy atom. The molecule has 0 saturated heterocycles. The fourth-order valence-electron chi connectivity index (χ4n) is 0. The highest BCUT2D eigenvalue weighted by atomic mass is 16.2. The second kappa shape index (κ2) is 7.43. The van der Waals surface area contributed by atoms with Crippen LogP contribution in [0.1, 0.15) is 6.92 Å². The van der Waals surface area contributed by atoms with Gasteiger partial charge in [0.2, 0.25) is 5.91 Å². The molecule has 0 rings (SSSR count). The van der Waals surface area contributed by atoms with Gasteiger partial charge in [-0.3, -0.25) is 4.79 Å². The first-order valence-electron chi connectivity index (χ1n) is 2.82. The van der Waals surface area contributed by atoms with E-state index in [2.05, 4.69) is 5.32 Å². The average molecular weight is 132 g/mol. The lowest BCUT2D eigenvalue weighted by Gasteiger charge is -2.02. The zero-order valence-electron chi connectivity index (χ0n) is 6.86. The minimum Gasteiger partial charge on any atom is -0.349 e. The van der Waals surface area contributed by atoms with E-state index in [1.54, 1.807) is 14.1 Å². The first-order chi connectivity index (χ1) is 4.06. The first-order valence-corrected chi connectivity index (χ1v) is 2.82. The van der Waals surface area contributed by atoms with E-state index in [9.17, 15) is 4.79 Å². The summed E-state index contributed by atoms with van der Waals surface area (Å²) in [5.41, 5.74) is 0. The molecule has 3 heteroatoms. The van der Waals surface area contributed by atoms with E-state index in [4.69, 9.17) is 0 Å². The molecule has 0 bridgehead atoms. The Morgan fingerprint density at radius 1 is 1.33 bits per heavy atom. The van der Waals surface area contributed by atoms with Crippen molar-refractivity contribution in [2.75, 3.05) is 28.2 Å². The molecule has 1 N–H and O–H groups in total. The second-order valence-electron chi connectivity index (χ2n) is 1.91. The number of nitrogens with one attached hydrogen (secondary N) is 1. The number of carbonyl (C=O) groups excluding carboxylic acids is 1. The Bertz CT molecular complexity index is 71.5. The summed E-state index contributed by atoms with van der Waals surface area (Å²) >= 11 is 0. The van der Waals surface area contributed by atoms with Gasteiger partial charge in [0.05, 0.1) is 0 Å². The minimum atomic E-state index is 0.0926. The summed E-state index contributed by atoms with van der Waals surface area (Å²) in [6.45, 7) is 1.53. The van der Waals surface area contributed by atoms with Crippen LogP contribution in [0.2, 0.25) is 0 Å². The monoisotopic (exact) mass is 132 g/mol. The van der Waals surface area contributed by atoms with Crippen molar-refractivity contribution in [2.24, 2.45) is 0 Å². The fraction of sp³-hybridized carbons (Fsp3) is 0.833. The Morgan fingerprint density at radius 2 is 1.44 bits per heavy atom. The molecule has 0 radical (unpaired) electrons. The summed E-state index contributed by atoms with van der Waals surface area (Å²) in [4.78, 5) is 11.6. The zero-order chi connectivity index (χ0) is 7.86. The van der Waals surface area contributed by atoms with Crippen molar-refractivity contribution < 1.29 is 4.79 Å². The minimum absolute atomic E-state index is 0.0926. The highest BCUT2D eigenvalue weighted by molar-refractivity contribution is 5.72. The van der Waals surface area contributed by atoms with Crippen molar-refractivity contribution in [2.45, 2.75) is 6.92 Å². The highest BCUT2D eigenvalue weighted by Gasteiger charge is 1.87. The molecular formula is C6H16N2O. The van der Waals surface area contributed by atoms with Gasteiger partial charge in [-0.05, 0) is 14.1 Å². The van der Waals surface area contributed by atoms with E-state index < -0.39 is 0 Å². The molecule has 0 aliphatic carbocycles. The molecule has 56 valence electrons. The van der Waals surface area contributed by atoms with Crippen molar-refractivity contribution in [1.82, 2.24) is 10.2 Å². The molecule has 0 unspecified atom stereocenters. The summed E-state index contributed by atoms with van der Waals surface area (Å²) in [5.74, 6) is 0.0926. The third-order valence-corrected chi connectivity index (χ3v) is 0.630. The first kappa shape index (κ1) is 11.3. The van der Waals surface area contributed by atoms with Gasteiger partial charge in [0.1, 0.15) is 0 Å². The molecule has 0 aliphatic heterocycles. The molecule has 0 heterocycles. The van der Waals surface area contributed by atoms with Gasteiger partial charge in [-0.1, -0.05) is 0 Å². The third kappa shape index (κ3) is 18.6. The van der Waals surface area contributed by atoms with E-state index in [-0.39, 0.29) is 5.91 Å². The lowest BCUT2D eigenvalue weighted by molar-refractivity contribution is -0.126. The van der Waals surface area contributed by atoms with Gasteiger partial charge in [0, 0.05) is 21.0 Å². The van der Waals surface area contributed by atoms with Gasteiger partial charge in [0.15, 0.2) is 0 Å². The van der Waals surface area contributed by atoms with Crippen LogP contribution in [0.5, 0.6) is 0 Å². The normalized spacial score (nSPS) is 7.22. The van der Waals surface area contributed by atoms with Crippen LogP contribution in [0.25, 0.3) is 0 Å². The van der Waals surface area contributed by atoms with E-state index in [1.165, 1.54) is 11.8 Å². The lowest BCUT2D eigenvalue weighted by atomic mass is 10.7. The third-order valence-electron chi connectivity index (χ3n) is 0.630. The maximum Gasteiger partial charge on any atom is 0.218 e. The largest absolute Gasteiger partial charge is 0.349 e. The van der Waals surface area contributed by atoms with E-state index in [1.807, 2.05) is 14.1 Å². The molecular weight excluding hydrogens is 116 g/mol. The van der Waals surface area contributed by atoms with Crippen molar-refractivity contribution in [3.8, 4) is 0 Å². The number of rotatable bonds is 0. The molecule has 0 spiro atoms. The van der Waals surface area contributed by atoms with Crippen LogP contribution in [-0.4, -0.2) is 39.0 Å². The van der Waals surface area contributed by atoms with Crippen molar-refractivity contribution >= 4 is 5.91 Å². The Balaban J connectivity index is 0. The molecule has 0 saturated carbocycles. The molecule has 9 heavy (non-hydrogen) atoms. The Kier molecular flexibility index (Phi) is 9.29. The summed E-state index contributed by atoms with van der Waals surface area (Å²) in [7, 11) is 7.20. The Hall–Kier alpha value is -0.570. The zero-order valence-corrected chi connectivity index (χ0v) is 6.86. The maximum absolute atomic E-state index is 10.1. The van der Waals surface area contributed by atoms with Crippen LogP contribution in [-0.2, 0) is 4.79 Å². The van der Waals surface area contributed by atoms with Crippen LogP contribution in [0.15, 0.2) is 0 Å². The number of hydrogen-bond donors (Lipinski definition) is 1. The van der Waals surface area contributed by atoms with Crippen LogP contribution in [0.3, 0.4) is 0 Å². The van der Waals surface area contributed by atoms with Gasteiger partial charge in [-0.2, -0.15) is 0 Å². The molecule has 0 atom stereocenters. The Labute approximate surface area is 57.0 Å². The molecule has 1 amide bonds. The second-order valence-corrected chi connectivity index (χ2v) is 1.91. The SMILES string of the molecule is CC(=O)N(C)C.CNC. The van der Waals surface area contributed by atoms with Gasteiger partial charge in [-0.15, -0.1) is 0 Å². The quantitative estimate of drug-likeness (QED) is 0.500. The maximum atomic E-state index is 10.1. The fourth-order valence-corrected chi connectivity index (χ4v) is 0. The van der Waals surface area contributed by atoms with Crippen molar-refractivity contribution in [1.29, 1.82) is 0 Å². The number of hydrogen-bond acceptors (Lipinski definition) is 2. The smallest absolute Gasteiger partial charge is 0.218 e. The summed E-state index contributed by atoms with van der Waals surface area (Å²) in [5, 5.41) is 2.75. The standard InChI is InChI=1S/C4H9NO.C2H7N/c1-4(6)5(2)3;1-3-2/h1-3H3;3H,1-2H3. The summed E-state index contributed by atoms with van der Waals surface area (Å²) in [6.07, 6.45) is 0. The average Bonchev–Trinajstić information content (AvgIpc) is 1.68. The van der Waals surface area contributed by atoms with E-state index in [0.717, 1.165) is 0 Å². The van der Waals surface area contributed by atoms with Crippen molar-refractivity contribution in [3.05, 3.63) is 0 Å². The molecule has 0 aromatic rings. The molecule has 0 aromatic carbocycles. The van der Waals surface area contributed by atoms with Crippen LogP contribution in [0.4, 0.5) is 0 Å². The molecule has 3 nitrogen and oxygen atoms in total.